The Hall–Kier alpha value is -1.86. The topological polar surface area (TPSA) is 68.2 Å². The highest BCUT2D eigenvalue weighted by atomic mass is 16.5. The van der Waals surface area contributed by atoms with E-state index < -0.39 is 0 Å². The van der Waals surface area contributed by atoms with Crippen molar-refractivity contribution >= 4 is 5.96 Å². The van der Waals surface area contributed by atoms with Crippen LogP contribution in [0.4, 0.5) is 0 Å². The van der Waals surface area contributed by atoms with Gasteiger partial charge in [-0.2, -0.15) is 0 Å². The van der Waals surface area contributed by atoms with Crippen molar-refractivity contribution in [2.24, 2.45) is 4.99 Å². The molecular formula is C22H34N4O3. The first kappa shape index (κ1) is 20.4. The molecule has 1 aromatic heterocycles. The smallest absolute Gasteiger partial charge is 0.213 e. The van der Waals surface area contributed by atoms with Crippen molar-refractivity contribution in [2.45, 2.75) is 70.3 Å². The van der Waals surface area contributed by atoms with Crippen molar-refractivity contribution < 1.29 is 14.2 Å². The normalized spacial score (nSPS) is 26.1. The predicted molar refractivity (Wildman–Crippen MR) is 112 cm³/mol. The third-order valence-electron chi connectivity index (χ3n) is 5.91. The van der Waals surface area contributed by atoms with E-state index in [2.05, 4.69) is 22.1 Å². The summed E-state index contributed by atoms with van der Waals surface area (Å²) in [6, 6.07) is 4.04. The summed E-state index contributed by atoms with van der Waals surface area (Å²) in [5, 5.41) is 3.44. The van der Waals surface area contributed by atoms with Gasteiger partial charge in [-0.05, 0) is 57.1 Å². The number of rotatable bonds is 6. The summed E-state index contributed by atoms with van der Waals surface area (Å²) in [5.74, 6) is 1.66. The molecule has 3 heterocycles. The quantitative estimate of drug-likeness (QED) is 0.583. The number of pyridine rings is 1. The van der Waals surface area contributed by atoms with Gasteiger partial charge in [0.05, 0.1) is 19.3 Å². The van der Waals surface area contributed by atoms with Crippen LogP contribution in [0.1, 0.15) is 51.0 Å². The van der Waals surface area contributed by atoms with Crippen LogP contribution >= 0.6 is 0 Å². The lowest BCUT2D eigenvalue weighted by molar-refractivity contribution is -0.0817. The molecular weight excluding hydrogens is 368 g/mol. The maximum atomic E-state index is 6.04. The molecule has 0 spiro atoms. The van der Waals surface area contributed by atoms with Gasteiger partial charge in [0.2, 0.25) is 5.88 Å². The lowest BCUT2D eigenvalue weighted by Gasteiger charge is -2.37. The Morgan fingerprint density at radius 1 is 1.21 bits per heavy atom. The Labute approximate surface area is 173 Å². The second-order valence-electron chi connectivity index (χ2n) is 8.10. The number of aromatic nitrogens is 1. The van der Waals surface area contributed by atoms with Gasteiger partial charge in [0, 0.05) is 38.5 Å². The number of guanidine groups is 1. The molecule has 2 aliphatic heterocycles. The highest BCUT2D eigenvalue weighted by Gasteiger charge is 2.32. The standard InChI is InChI=1S/C22H34N4O3/c1-2-23-22(26-11-13-28-20(16-26)19-8-5-12-27-19)25-15-17-9-10-24-21(14-17)29-18-6-3-4-7-18/h9-10,14,18-20H,2-8,11-13,15-16H2,1H3,(H,23,25). The molecule has 3 aliphatic rings. The number of morpholine rings is 1. The maximum absolute atomic E-state index is 6.04. The van der Waals surface area contributed by atoms with Crippen LogP contribution in [-0.2, 0) is 16.0 Å². The minimum Gasteiger partial charge on any atom is -0.474 e. The Bertz CT molecular complexity index is 672. The van der Waals surface area contributed by atoms with E-state index in [4.69, 9.17) is 19.2 Å². The average molecular weight is 403 g/mol. The fraction of sp³-hybridized carbons (Fsp3) is 0.727. The van der Waals surface area contributed by atoms with Crippen molar-refractivity contribution in [3.8, 4) is 5.88 Å². The molecule has 0 aromatic carbocycles. The zero-order valence-electron chi connectivity index (χ0n) is 17.5. The summed E-state index contributed by atoms with van der Waals surface area (Å²) in [6.07, 6.45) is 9.50. The zero-order chi connectivity index (χ0) is 19.9. The van der Waals surface area contributed by atoms with Gasteiger partial charge < -0.3 is 24.4 Å². The molecule has 7 nitrogen and oxygen atoms in total. The largest absolute Gasteiger partial charge is 0.474 e. The maximum Gasteiger partial charge on any atom is 0.213 e. The molecule has 0 bridgehead atoms. The summed E-state index contributed by atoms with van der Waals surface area (Å²) >= 11 is 0. The SMILES string of the molecule is CCNC(=NCc1ccnc(OC2CCCC2)c1)N1CCOC(C2CCCO2)C1. The molecule has 0 amide bonds. The summed E-state index contributed by atoms with van der Waals surface area (Å²) in [4.78, 5) is 11.6. The fourth-order valence-electron chi connectivity index (χ4n) is 4.37. The van der Waals surface area contributed by atoms with E-state index in [9.17, 15) is 0 Å². The van der Waals surface area contributed by atoms with Gasteiger partial charge in [-0.3, -0.25) is 0 Å². The molecule has 2 saturated heterocycles. The van der Waals surface area contributed by atoms with Crippen LogP contribution in [0.25, 0.3) is 0 Å². The molecule has 0 radical (unpaired) electrons. The number of hydrogen-bond acceptors (Lipinski definition) is 5. The second kappa shape index (κ2) is 10.3. The lowest BCUT2D eigenvalue weighted by atomic mass is 10.1. The number of aliphatic imine (C=N–C) groups is 1. The van der Waals surface area contributed by atoms with Crippen LogP contribution in [-0.4, -0.2) is 67.0 Å². The third-order valence-corrected chi connectivity index (χ3v) is 5.91. The van der Waals surface area contributed by atoms with Crippen molar-refractivity contribution in [3.63, 3.8) is 0 Å². The molecule has 1 aliphatic carbocycles. The third kappa shape index (κ3) is 5.60. The van der Waals surface area contributed by atoms with E-state index in [0.29, 0.717) is 19.3 Å². The number of nitrogens with one attached hydrogen (secondary N) is 1. The molecule has 7 heteroatoms. The molecule has 3 fully saturated rings. The monoisotopic (exact) mass is 402 g/mol. The van der Waals surface area contributed by atoms with Crippen LogP contribution < -0.4 is 10.1 Å². The van der Waals surface area contributed by atoms with E-state index in [1.165, 1.54) is 12.8 Å². The zero-order valence-corrected chi connectivity index (χ0v) is 17.5. The Morgan fingerprint density at radius 3 is 2.86 bits per heavy atom. The average Bonchev–Trinajstić information content (AvgIpc) is 3.46. The Morgan fingerprint density at radius 2 is 2.07 bits per heavy atom. The summed E-state index contributed by atoms with van der Waals surface area (Å²) in [5.41, 5.74) is 1.12. The van der Waals surface area contributed by atoms with Crippen molar-refractivity contribution in [3.05, 3.63) is 23.9 Å². The van der Waals surface area contributed by atoms with Crippen molar-refractivity contribution in [1.29, 1.82) is 0 Å². The second-order valence-corrected chi connectivity index (χ2v) is 8.10. The fourth-order valence-corrected chi connectivity index (χ4v) is 4.37. The minimum absolute atomic E-state index is 0.127. The number of ether oxygens (including phenoxy) is 3. The lowest BCUT2D eigenvalue weighted by Crippen LogP contribution is -2.53. The molecule has 160 valence electrons. The van der Waals surface area contributed by atoms with Crippen molar-refractivity contribution in [1.82, 2.24) is 15.2 Å². The molecule has 29 heavy (non-hydrogen) atoms. The molecule has 1 saturated carbocycles. The summed E-state index contributed by atoms with van der Waals surface area (Å²) < 4.78 is 17.9. The van der Waals surface area contributed by atoms with Gasteiger partial charge in [0.15, 0.2) is 5.96 Å². The minimum atomic E-state index is 0.127. The first-order valence-corrected chi connectivity index (χ1v) is 11.2. The first-order chi connectivity index (χ1) is 14.3. The number of nitrogens with zero attached hydrogens (tertiary/aromatic N) is 3. The Kier molecular flexibility index (Phi) is 7.22. The molecule has 1 N–H and O–H groups in total. The van der Waals surface area contributed by atoms with Gasteiger partial charge in [0.1, 0.15) is 12.2 Å². The van der Waals surface area contributed by atoms with E-state index in [1.807, 2.05) is 18.3 Å². The van der Waals surface area contributed by atoms with Gasteiger partial charge in [-0.1, -0.05) is 0 Å². The molecule has 2 unspecified atom stereocenters. The van der Waals surface area contributed by atoms with Crippen LogP contribution in [0.5, 0.6) is 5.88 Å². The van der Waals surface area contributed by atoms with Gasteiger partial charge >= 0.3 is 0 Å². The van der Waals surface area contributed by atoms with Gasteiger partial charge in [-0.25, -0.2) is 9.98 Å². The molecule has 4 rings (SSSR count). The highest BCUT2D eigenvalue weighted by molar-refractivity contribution is 5.80. The van der Waals surface area contributed by atoms with E-state index in [-0.39, 0.29) is 12.2 Å². The van der Waals surface area contributed by atoms with E-state index in [0.717, 1.165) is 69.3 Å². The van der Waals surface area contributed by atoms with Gasteiger partial charge in [-0.15, -0.1) is 0 Å². The van der Waals surface area contributed by atoms with Crippen LogP contribution in [0.2, 0.25) is 0 Å². The van der Waals surface area contributed by atoms with E-state index in [1.54, 1.807) is 0 Å². The van der Waals surface area contributed by atoms with E-state index >= 15 is 0 Å². The summed E-state index contributed by atoms with van der Waals surface area (Å²) in [6.45, 7) is 6.79. The number of hydrogen-bond donors (Lipinski definition) is 1. The van der Waals surface area contributed by atoms with Crippen LogP contribution in [0.3, 0.4) is 0 Å². The predicted octanol–water partition coefficient (Wildman–Crippen LogP) is 2.75. The van der Waals surface area contributed by atoms with Crippen LogP contribution in [0, 0.1) is 0 Å². The molecule has 2 atom stereocenters. The molecule has 1 aromatic rings. The first-order valence-electron chi connectivity index (χ1n) is 11.2. The van der Waals surface area contributed by atoms with Gasteiger partial charge in [0.25, 0.3) is 0 Å². The summed E-state index contributed by atoms with van der Waals surface area (Å²) in [7, 11) is 0. The van der Waals surface area contributed by atoms with Crippen molar-refractivity contribution in [2.75, 3.05) is 32.8 Å². The highest BCUT2D eigenvalue weighted by Crippen LogP contribution is 2.24. The van der Waals surface area contributed by atoms with Crippen LogP contribution in [0.15, 0.2) is 23.3 Å². The Balaban J connectivity index is 1.38.